The molecule has 0 aliphatic rings. The molecule has 3 aromatic rings. The lowest BCUT2D eigenvalue weighted by molar-refractivity contribution is 0.479. The molecule has 0 spiro atoms. The van der Waals surface area contributed by atoms with E-state index in [0.717, 1.165) is 17.1 Å². The Morgan fingerprint density at radius 2 is 1.30 bits per heavy atom. The average molecular weight is 260 g/mol. The van der Waals surface area contributed by atoms with Crippen LogP contribution in [0.4, 0.5) is 0 Å². The summed E-state index contributed by atoms with van der Waals surface area (Å²) in [5.74, 6) is 1.76. The van der Waals surface area contributed by atoms with Gasteiger partial charge in [0.05, 0.1) is 0 Å². The first-order valence-corrected chi connectivity index (χ1v) is 6.72. The summed E-state index contributed by atoms with van der Waals surface area (Å²) in [6.07, 6.45) is 0. The minimum Gasteiger partial charge on any atom is -0.457 e. The molecule has 0 fully saturated rings. The summed E-state index contributed by atoms with van der Waals surface area (Å²) in [7, 11) is 0. The molecular formula is C19H16O. The molecule has 20 heavy (non-hydrogen) atoms. The molecule has 0 radical (unpaired) electrons. The van der Waals surface area contributed by atoms with Gasteiger partial charge < -0.3 is 4.74 Å². The van der Waals surface area contributed by atoms with Crippen molar-refractivity contribution in [1.82, 2.24) is 0 Å². The van der Waals surface area contributed by atoms with Gasteiger partial charge in [0.25, 0.3) is 0 Å². The van der Waals surface area contributed by atoms with Crippen molar-refractivity contribution < 1.29 is 4.74 Å². The predicted octanol–water partition coefficient (Wildman–Crippen LogP) is 5.45. The Labute approximate surface area is 119 Å². The molecule has 3 rings (SSSR count). The van der Waals surface area contributed by atoms with E-state index in [2.05, 4.69) is 43.3 Å². The highest BCUT2D eigenvalue weighted by Crippen LogP contribution is 2.29. The fourth-order valence-corrected chi connectivity index (χ4v) is 2.19. The highest BCUT2D eigenvalue weighted by Gasteiger charge is 2.04. The zero-order chi connectivity index (χ0) is 13.8. The van der Waals surface area contributed by atoms with Gasteiger partial charge in [-0.15, -0.1) is 0 Å². The maximum Gasteiger partial charge on any atom is 0.130 e. The maximum absolute atomic E-state index is 5.90. The molecule has 0 saturated heterocycles. The fourth-order valence-electron chi connectivity index (χ4n) is 2.19. The highest BCUT2D eigenvalue weighted by atomic mass is 16.5. The zero-order valence-electron chi connectivity index (χ0n) is 11.4. The third-order valence-electron chi connectivity index (χ3n) is 3.25. The van der Waals surface area contributed by atoms with Crippen LogP contribution in [0.3, 0.4) is 0 Å². The molecule has 98 valence electrons. The average Bonchev–Trinajstić information content (AvgIpc) is 2.51. The normalized spacial score (nSPS) is 10.2. The Kier molecular flexibility index (Phi) is 3.51. The second-order valence-corrected chi connectivity index (χ2v) is 4.76. The summed E-state index contributed by atoms with van der Waals surface area (Å²) < 4.78 is 5.90. The Morgan fingerprint density at radius 3 is 1.95 bits per heavy atom. The number of rotatable bonds is 3. The number of ether oxygens (including phenoxy) is 1. The van der Waals surface area contributed by atoms with Crippen LogP contribution in [0.1, 0.15) is 5.56 Å². The monoisotopic (exact) mass is 260 g/mol. The van der Waals surface area contributed by atoms with Crippen molar-refractivity contribution in [3.8, 4) is 22.6 Å². The van der Waals surface area contributed by atoms with Gasteiger partial charge in [0.15, 0.2) is 0 Å². The van der Waals surface area contributed by atoms with Gasteiger partial charge in [0.1, 0.15) is 11.5 Å². The summed E-state index contributed by atoms with van der Waals surface area (Å²) in [4.78, 5) is 0. The Balaban J connectivity index is 1.89. The number of hydrogen-bond acceptors (Lipinski definition) is 1. The largest absolute Gasteiger partial charge is 0.457 e. The Hall–Kier alpha value is -2.54. The number of benzene rings is 3. The number of para-hydroxylation sites is 1. The third kappa shape index (κ3) is 2.72. The van der Waals surface area contributed by atoms with Gasteiger partial charge in [0, 0.05) is 0 Å². The van der Waals surface area contributed by atoms with E-state index in [1.165, 1.54) is 11.1 Å². The molecule has 0 aliphatic carbocycles. The molecule has 1 heteroatoms. The van der Waals surface area contributed by atoms with E-state index in [1.54, 1.807) is 0 Å². The molecule has 0 bridgehead atoms. The van der Waals surface area contributed by atoms with E-state index in [0.29, 0.717) is 0 Å². The minimum atomic E-state index is 0.864. The summed E-state index contributed by atoms with van der Waals surface area (Å²) in [6.45, 7) is 2.07. The summed E-state index contributed by atoms with van der Waals surface area (Å²) >= 11 is 0. The molecule has 1 nitrogen and oxygen atoms in total. The smallest absolute Gasteiger partial charge is 0.130 e. The molecule has 3 aromatic carbocycles. The van der Waals surface area contributed by atoms with Crippen molar-refractivity contribution in [2.75, 3.05) is 0 Å². The van der Waals surface area contributed by atoms with E-state index in [4.69, 9.17) is 4.74 Å². The Bertz CT molecular complexity index is 687. The van der Waals surface area contributed by atoms with E-state index in [-0.39, 0.29) is 0 Å². The SMILES string of the molecule is Cc1cc(-c2ccccc2)ccc1Oc1ccccc1. The van der Waals surface area contributed by atoms with Crippen LogP contribution in [-0.2, 0) is 0 Å². The zero-order valence-corrected chi connectivity index (χ0v) is 11.4. The molecule has 0 atom stereocenters. The van der Waals surface area contributed by atoms with Crippen LogP contribution in [0.2, 0.25) is 0 Å². The van der Waals surface area contributed by atoms with Crippen LogP contribution in [0.15, 0.2) is 78.9 Å². The highest BCUT2D eigenvalue weighted by molar-refractivity contribution is 5.65. The quantitative estimate of drug-likeness (QED) is 0.608. The van der Waals surface area contributed by atoms with Crippen molar-refractivity contribution >= 4 is 0 Å². The first-order chi connectivity index (χ1) is 9.83. The van der Waals surface area contributed by atoms with Crippen molar-refractivity contribution in [2.45, 2.75) is 6.92 Å². The van der Waals surface area contributed by atoms with Gasteiger partial charge in [-0.2, -0.15) is 0 Å². The van der Waals surface area contributed by atoms with Gasteiger partial charge in [-0.3, -0.25) is 0 Å². The molecule has 0 amide bonds. The molecule has 0 N–H and O–H groups in total. The first kappa shape index (κ1) is 12.5. The maximum atomic E-state index is 5.90. The standard InChI is InChI=1S/C19H16O/c1-15-14-17(16-8-4-2-5-9-16)12-13-19(15)20-18-10-6-3-7-11-18/h2-14H,1H3. The van der Waals surface area contributed by atoms with Gasteiger partial charge in [0.2, 0.25) is 0 Å². The lowest BCUT2D eigenvalue weighted by Crippen LogP contribution is -1.88. The molecule has 0 unspecified atom stereocenters. The lowest BCUT2D eigenvalue weighted by atomic mass is 10.0. The third-order valence-corrected chi connectivity index (χ3v) is 3.25. The van der Waals surface area contributed by atoms with E-state index in [1.807, 2.05) is 42.5 Å². The van der Waals surface area contributed by atoms with Crippen molar-refractivity contribution in [1.29, 1.82) is 0 Å². The molecule has 0 heterocycles. The number of hydrogen-bond donors (Lipinski definition) is 0. The van der Waals surface area contributed by atoms with Crippen LogP contribution in [0, 0.1) is 6.92 Å². The van der Waals surface area contributed by atoms with E-state index in [9.17, 15) is 0 Å². The Morgan fingerprint density at radius 1 is 0.650 bits per heavy atom. The summed E-state index contributed by atoms with van der Waals surface area (Å²) in [5.41, 5.74) is 3.57. The summed E-state index contributed by atoms with van der Waals surface area (Å²) in [6, 6.07) is 26.5. The minimum absolute atomic E-state index is 0.864. The topological polar surface area (TPSA) is 9.23 Å². The molecule has 0 aromatic heterocycles. The second-order valence-electron chi connectivity index (χ2n) is 4.76. The van der Waals surface area contributed by atoms with Gasteiger partial charge in [-0.25, -0.2) is 0 Å². The van der Waals surface area contributed by atoms with E-state index < -0.39 is 0 Å². The fraction of sp³-hybridized carbons (Fsp3) is 0.0526. The lowest BCUT2D eigenvalue weighted by Gasteiger charge is -2.10. The molecule has 0 saturated carbocycles. The van der Waals surface area contributed by atoms with Crippen molar-refractivity contribution in [3.63, 3.8) is 0 Å². The molecule has 0 aliphatic heterocycles. The van der Waals surface area contributed by atoms with Crippen LogP contribution in [0.5, 0.6) is 11.5 Å². The van der Waals surface area contributed by atoms with Gasteiger partial charge >= 0.3 is 0 Å². The van der Waals surface area contributed by atoms with Crippen LogP contribution >= 0.6 is 0 Å². The van der Waals surface area contributed by atoms with Crippen molar-refractivity contribution in [2.24, 2.45) is 0 Å². The van der Waals surface area contributed by atoms with Gasteiger partial charge in [-0.05, 0) is 47.9 Å². The summed E-state index contributed by atoms with van der Waals surface area (Å²) in [5, 5.41) is 0. The molecular weight excluding hydrogens is 244 g/mol. The predicted molar refractivity (Wildman–Crippen MR) is 83.1 cm³/mol. The van der Waals surface area contributed by atoms with Gasteiger partial charge in [-0.1, -0.05) is 54.6 Å². The van der Waals surface area contributed by atoms with Crippen LogP contribution in [0.25, 0.3) is 11.1 Å². The number of aryl methyl sites for hydroxylation is 1. The van der Waals surface area contributed by atoms with Crippen molar-refractivity contribution in [3.05, 3.63) is 84.4 Å². The first-order valence-electron chi connectivity index (χ1n) is 6.72. The van der Waals surface area contributed by atoms with Crippen LogP contribution in [-0.4, -0.2) is 0 Å². The van der Waals surface area contributed by atoms with E-state index >= 15 is 0 Å². The second kappa shape index (κ2) is 5.62. The van der Waals surface area contributed by atoms with Crippen LogP contribution < -0.4 is 4.74 Å².